The Bertz CT molecular complexity index is 548. The predicted molar refractivity (Wildman–Crippen MR) is 86.1 cm³/mol. The maximum Gasteiger partial charge on any atom is 0.237 e. The predicted octanol–water partition coefficient (Wildman–Crippen LogP) is 3.96. The molecule has 1 heterocycles. The van der Waals surface area contributed by atoms with E-state index < -0.39 is 0 Å². The van der Waals surface area contributed by atoms with Gasteiger partial charge in [0.1, 0.15) is 5.02 Å². The highest BCUT2D eigenvalue weighted by molar-refractivity contribution is 6.31. The number of nitrogens with zero attached hydrogens (tertiary/aromatic N) is 2. The molecule has 0 aliphatic carbocycles. The topological polar surface area (TPSA) is 47.0 Å². The van der Waals surface area contributed by atoms with Crippen molar-refractivity contribution in [3.05, 3.63) is 47.1 Å². The Morgan fingerprint density at radius 1 is 1.24 bits per heavy atom. The molecule has 0 unspecified atom stereocenters. The Kier molecular flexibility index (Phi) is 6.28. The van der Waals surface area contributed by atoms with Crippen LogP contribution in [0.25, 0.3) is 0 Å². The van der Waals surface area contributed by atoms with E-state index in [-0.39, 0.29) is 0 Å². The van der Waals surface area contributed by atoms with Crippen LogP contribution in [0.5, 0.6) is 5.88 Å². The van der Waals surface area contributed by atoms with Crippen LogP contribution in [0.4, 0.5) is 5.95 Å². The number of nitrogens with one attached hydrogen (secondary N) is 1. The summed E-state index contributed by atoms with van der Waals surface area (Å²) in [6.45, 7) is 3.50. The lowest BCUT2D eigenvalue weighted by Crippen LogP contribution is -2.07. The molecule has 0 saturated carbocycles. The number of aryl methyl sites for hydroxylation is 1. The van der Waals surface area contributed by atoms with E-state index in [9.17, 15) is 0 Å². The van der Waals surface area contributed by atoms with Crippen LogP contribution in [0.15, 0.2) is 36.5 Å². The third-order valence-electron chi connectivity index (χ3n) is 2.94. The lowest BCUT2D eigenvalue weighted by atomic mass is 10.1. The summed E-state index contributed by atoms with van der Waals surface area (Å²) < 4.78 is 5.66. The van der Waals surface area contributed by atoms with E-state index in [2.05, 4.69) is 34.3 Å². The number of benzene rings is 1. The van der Waals surface area contributed by atoms with Gasteiger partial charge in [0.15, 0.2) is 0 Å². The highest BCUT2D eigenvalue weighted by Gasteiger charge is 2.06. The summed E-state index contributed by atoms with van der Waals surface area (Å²) in [6.07, 6.45) is 4.48. The van der Waals surface area contributed by atoms with Crippen LogP contribution in [0.1, 0.15) is 25.3 Å². The number of anilines is 1. The highest BCUT2D eigenvalue weighted by atomic mass is 35.5. The zero-order valence-electron chi connectivity index (χ0n) is 12.2. The molecular formula is C16H20ClN3O. The van der Waals surface area contributed by atoms with E-state index >= 15 is 0 Å². The van der Waals surface area contributed by atoms with Crippen molar-refractivity contribution in [3.63, 3.8) is 0 Å². The molecule has 0 amide bonds. The van der Waals surface area contributed by atoms with Crippen molar-refractivity contribution in [1.82, 2.24) is 9.97 Å². The first-order valence-corrected chi connectivity index (χ1v) is 7.60. The second kappa shape index (κ2) is 8.47. The molecule has 112 valence electrons. The van der Waals surface area contributed by atoms with E-state index in [0.29, 0.717) is 23.5 Å². The molecule has 0 aliphatic rings. The van der Waals surface area contributed by atoms with Gasteiger partial charge in [-0.3, -0.25) is 0 Å². The Hall–Kier alpha value is -1.81. The minimum absolute atomic E-state index is 0.441. The molecule has 2 rings (SSSR count). The first-order valence-electron chi connectivity index (χ1n) is 7.22. The van der Waals surface area contributed by atoms with Gasteiger partial charge in [0.05, 0.1) is 12.8 Å². The third kappa shape index (κ3) is 5.23. The standard InChI is InChI=1S/C16H20ClN3O/c1-2-10-18-16-19-12-14(17)15(20-16)21-11-6-9-13-7-4-3-5-8-13/h3-5,7-8,12H,2,6,9-11H2,1H3,(H,18,19,20). The lowest BCUT2D eigenvalue weighted by molar-refractivity contribution is 0.299. The number of hydrogen-bond donors (Lipinski definition) is 1. The van der Waals surface area contributed by atoms with Gasteiger partial charge in [-0.25, -0.2) is 4.98 Å². The molecule has 0 radical (unpaired) electrons. The van der Waals surface area contributed by atoms with Gasteiger partial charge in [0, 0.05) is 6.54 Å². The molecular weight excluding hydrogens is 286 g/mol. The quantitative estimate of drug-likeness (QED) is 0.750. The van der Waals surface area contributed by atoms with E-state index in [0.717, 1.165) is 25.8 Å². The molecule has 0 aliphatic heterocycles. The van der Waals surface area contributed by atoms with Gasteiger partial charge in [-0.05, 0) is 24.8 Å². The summed E-state index contributed by atoms with van der Waals surface area (Å²) >= 11 is 6.05. The summed E-state index contributed by atoms with van der Waals surface area (Å²) in [7, 11) is 0. The minimum Gasteiger partial charge on any atom is -0.476 e. The molecule has 0 saturated heterocycles. The second-order valence-corrected chi connectivity index (χ2v) is 5.12. The Labute approximate surface area is 130 Å². The van der Waals surface area contributed by atoms with E-state index in [1.165, 1.54) is 5.56 Å². The van der Waals surface area contributed by atoms with Crippen LogP contribution in [-0.2, 0) is 6.42 Å². The van der Waals surface area contributed by atoms with E-state index in [1.807, 2.05) is 18.2 Å². The molecule has 0 atom stereocenters. The van der Waals surface area contributed by atoms with Gasteiger partial charge >= 0.3 is 0 Å². The number of aromatic nitrogens is 2. The molecule has 4 nitrogen and oxygen atoms in total. The summed E-state index contributed by atoms with van der Waals surface area (Å²) in [4.78, 5) is 8.40. The number of halogens is 1. The van der Waals surface area contributed by atoms with Crippen LogP contribution in [0, 0.1) is 0 Å². The van der Waals surface area contributed by atoms with Crippen LogP contribution in [-0.4, -0.2) is 23.1 Å². The summed E-state index contributed by atoms with van der Waals surface area (Å²) in [6, 6.07) is 10.3. The van der Waals surface area contributed by atoms with Gasteiger partial charge in [-0.1, -0.05) is 48.9 Å². The van der Waals surface area contributed by atoms with Gasteiger partial charge < -0.3 is 10.1 Å². The van der Waals surface area contributed by atoms with Crippen molar-refractivity contribution >= 4 is 17.5 Å². The molecule has 0 bridgehead atoms. The smallest absolute Gasteiger partial charge is 0.237 e. The Morgan fingerprint density at radius 3 is 2.81 bits per heavy atom. The molecule has 5 heteroatoms. The molecule has 1 N–H and O–H groups in total. The van der Waals surface area contributed by atoms with Gasteiger partial charge in [-0.2, -0.15) is 4.98 Å². The van der Waals surface area contributed by atoms with Gasteiger partial charge in [0.25, 0.3) is 0 Å². The molecule has 1 aromatic carbocycles. The van der Waals surface area contributed by atoms with Crippen LogP contribution >= 0.6 is 11.6 Å². The van der Waals surface area contributed by atoms with Crippen molar-refractivity contribution in [2.75, 3.05) is 18.5 Å². The van der Waals surface area contributed by atoms with Gasteiger partial charge in [-0.15, -0.1) is 0 Å². The summed E-state index contributed by atoms with van der Waals surface area (Å²) in [5.41, 5.74) is 1.31. The van der Waals surface area contributed by atoms with Crippen molar-refractivity contribution in [2.24, 2.45) is 0 Å². The number of rotatable bonds is 8. The van der Waals surface area contributed by atoms with Crippen molar-refractivity contribution in [2.45, 2.75) is 26.2 Å². The number of hydrogen-bond acceptors (Lipinski definition) is 4. The van der Waals surface area contributed by atoms with Gasteiger partial charge in [0.2, 0.25) is 11.8 Å². The van der Waals surface area contributed by atoms with Crippen LogP contribution < -0.4 is 10.1 Å². The van der Waals surface area contributed by atoms with Crippen LogP contribution in [0.3, 0.4) is 0 Å². The zero-order valence-corrected chi connectivity index (χ0v) is 12.9. The molecule has 0 fully saturated rings. The SMILES string of the molecule is CCCNc1ncc(Cl)c(OCCCc2ccccc2)n1. The number of ether oxygens (including phenoxy) is 1. The maximum absolute atomic E-state index is 6.05. The monoisotopic (exact) mass is 305 g/mol. The second-order valence-electron chi connectivity index (χ2n) is 4.71. The van der Waals surface area contributed by atoms with Crippen molar-refractivity contribution in [1.29, 1.82) is 0 Å². The van der Waals surface area contributed by atoms with Crippen LogP contribution in [0.2, 0.25) is 5.02 Å². The Morgan fingerprint density at radius 2 is 2.05 bits per heavy atom. The Balaban J connectivity index is 1.82. The average Bonchev–Trinajstić information content (AvgIpc) is 2.53. The fourth-order valence-corrected chi connectivity index (χ4v) is 2.01. The first kappa shape index (κ1) is 15.6. The lowest BCUT2D eigenvalue weighted by Gasteiger charge is -2.09. The maximum atomic E-state index is 6.05. The minimum atomic E-state index is 0.441. The van der Waals surface area contributed by atoms with Crippen molar-refractivity contribution in [3.8, 4) is 5.88 Å². The van der Waals surface area contributed by atoms with E-state index in [4.69, 9.17) is 16.3 Å². The summed E-state index contributed by atoms with van der Waals surface area (Å²) in [5.74, 6) is 0.998. The fraction of sp³-hybridized carbons (Fsp3) is 0.375. The largest absolute Gasteiger partial charge is 0.476 e. The van der Waals surface area contributed by atoms with Crippen molar-refractivity contribution < 1.29 is 4.74 Å². The average molecular weight is 306 g/mol. The highest BCUT2D eigenvalue weighted by Crippen LogP contribution is 2.22. The summed E-state index contributed by atoms with van der Waals surface area (Å²) in [5, 5.41) is 3.56. The normalized spacial score (nSPS) is 10.4. The molecule has 21 heavy (non-hydrogen) atoms. The first-order chi connectivity index (χ1) is 10.3. The molecule has 1 aromatic heterocycles. The molecule has 2 aromatic rings. The zero-order chi connectivity index (χ0) is 14.9. The fourth-order valence-electron chi connectivity index (χ4n) is 1.86. The van der Waals surface area contributed by atoms with E-state index in [1.54, 1.807) is 6.20 Å². The third-order valence-corrected chi connectivity index (χ3v) is 3.20. The molecule has 0 spiro atoms.